The van der Waals surface area contributed by atoms with Crippen LogP contribution in [0, 0.1) is 0 Å². The van der Waals surface area contributed by atoms with Crippen LogP contribution in [-0.4, -0.2) is 16.2 Å². The van der Waals surface area contributed by atoms with Gasteiger partial charge in [0.2, 0.25) is 0 Å². The Hall–Kier alpha value is -2.63. The first kappa shape index (κ1) is 16.2. The topological polar surface area (TPSA) is 86.9 Å². The Balaban J connectivity index is 1.68. The van der Waals surface area contributed by atoms with Gasteiger partial charge in [-0.05, 0) is 54.9 Å². The van der Waals surface area contributed by atoms with Crippen molar-refractivity contribution < 1.29 is 4.79 Å². The number of urea groups is 1. The van der Waals surface area contributed by atoms with Gasteiger partial charge in [-0.25, -0.2) is 9.89 Å². The zero-order chi connectivity index (χ0) is 16.9. The molecule has 1 aliphatic carbocycles. The number of benzene rings is 1. The average Bonchev–Trinajstić information content (AvgIpc) is 2.61. The van der Waals surface area contributed by atoms with E-state index in [9.17, 15) is 9.59 Å². The molecule has 1 aliphatic rings. The maximum absolute atomic E-state index is 12.2. The Bertz CT molecular complexity index is 764. The van der Waals surface area contributed by atoms with Crippen LogP contribution in [0.5, 0.6) is 0 Å². The number of nitrogens with one attached hydrogen (secondary N) is 3. The minimum Gasteiger partial charge on any atom is -0.331 e. The number of rotatable bonds is 4. The van der Waals surface area contributed by atoms with Crippen molar-refractivity contribution in [2.45, 2.75) is 45.1 Å². The molecule has 0 aliphatic heterocycles. The molecule has 0 saturated heterocycles. The molecule has 0 spiro atoms. The van der Waals surface area contributed by atoms with Crippen molar-refractivity contribution in [1.29, 1.82) is 0 Å². The van der Waals surface area contributed by atoms with Crippen LogP contribution in [0.1, 0.15) is 48.9 Å². The van der Waals surface area contributed by atoms with Gasteiger partial charge in [0.1, 0.15) is 0 Å². The first-order valence-corrected chi connectivity index (χ1v) is 8.40. The van der Waals surface area contributed by atoms with Crippen LogP contribution in [0.3, 0.4) is 0 Å². The van der Waals surface area contributed by atoms with E-state index in [1.165, 1.54) is 36.1 Å². The fourth-order valence-corrected chi connectivity index (χ4v) is 3.12. The standard InChI is InChI=1S/C18H22N4O2/c1-2-15(14-8-7-12-5-3-4-6-13(12)11-14)19-18(24)20-16-9-10-17(23)22-21-16/h7-11,15H,2-6H2,1H3,(H,22,23)(H2,19,20,21,24). The van der Waals surface area contributed by atoms with Crippen molar-refractivity contribution in [2.24, 2.45) is 0 Å². The first-order chi connectivity index (χ1) is 11.7. The van der Waals surface area contributed by atoms with Crippen LogP contribution in [-0.2, 0) is 12.8 Å². The highest BCUT2D eigenvalue weighted by Gasteiger charge is 2.16. The summed E-state index contributed by atoms with van der Waals surface area (Å²) in [7, 11) is 0. The van der Waals surface area contributed by atoms with Gasteiger partial charge in [0, 0.05) is 6.07 Å². The molecule has 2 aromatic rings. The zero-order valence-electron chi connectivity index (χ0n) is 13.8. The molecule has 1 heterocycles. The summed E-state index contributed by atoms with van der Waals surface area (Å²) >= 11 is 0. The molecule has 0 radical (unpaired) electrons. The molecule has 6 heteroatoms. The van der Waals surface area contributed by atoms with Crippen molar-refractivity contribution in [1.82, 2.24) is 15.5 Å². The summed E-state index contributed by atoms with van der Waals surface area (Å²) in [6.07, 6.45) is 5.56. The summed E-state index contributed by atoms with van der Waals surface area (Å²) < 4.78 is 0. The minimum atomic E-state index is -0.334. The monoisotopic (exact) mass is 326 g/mol. The molecule has 3 rings (SSSR count). The number of H-pyrrole nitrogens is 1. The highest BCUT2D eigenvalue weighted by Crippen LogP contribution is 2.26. The molecule has 0 saturated carbocycles. The van der Waals surface area contributed by atoms with Crippen LogP contribution in [0.25, 0.3) is 0 Å². The number of nitrogens with zero attached hydrogens (tertiary/aromatic N) is 1. The molecule has 6 nitrogen and oxygen atoms in total. The smallest absolute Gasteiger partial charge is 0.320 e. The van der Waals surface area contributed by atoms with Crippen molar-refractivity contribution in [3.63, 3.8) is 0 Å². The SMILES string of the molecule is CCC(NC(=O)Nc1ccc(=O)[nH]n1)c1ccc2c(c1)CCCC2. The largest absolute Gasteiger partial charge is 0.331 e. The van der Waals surface area contributed by atoms with Gasteiger partial charge in [0.05, 0.1) is 6.04 Å². The molecule has 126 valence electrons. The van der Waals surface area contributed by atoms with E-state index >= 15 is 0 Å². The lowest BCUT2D eigenvalue weighted by Gasteiger charge is -2.21. The van der Waals surface area contributed by atoms with Gasteiger partial charge < -0.3 is 5.32 Å². The van der Waals surface area contributed by atoms with Crippen LogP contribution >= 0.6 is 0 Å². The summed E-state index contributed by atoms with van der Waals surface area (Å²) in [6.45, 7) is 2.04. The van der Waals surface area contributed by atoms with Crippen LogP contribution < -0.4 is 16.2 Å². The van der Waals surface area contributed by atoms with E-state index in [-0.39, 0.29) is 17.6 Å². The molecule has 24 heavy (non-hydrogen) atoms. The number of aryl methyl sites for hydroxylation is 2. The quantitative estimate of drug-likeness (QED) is 0.807. The predicted octanol–water partition coefficient (Wildman–Crippen LogP) is 2.92. The summed E-state index contributed by atoms with van der Waals surface area (Å²) in [5, 5.41) is 11.7. The predicted molar refractivity (Wildman–Crippen MR) is 93.1 cm³/mol. The number of aromatic nitrogens is 2. The minimum absolute atomic E-state index is 0.0556. The van der Waals surface area contributed by atoms with E-state index in [1.807, 2.05) is 6.92 Å². The summed E-state index contributed by atoms with van der Waals surface area (Å²) in [5.41, 5.74) is 3.66. The molecule has 1 unspecified atom stereocenters. The van der Waals surface area contributed by atoms with Gasteiger partial charge in [0.15, 0.2) is 5.82 Å². The first-order valence-electron chi connectivity index (χ1n) is 8.40. The lowest BCUT2D eigenvalue weighted by molar-refractivity contribution is 0.248. The Morgan fingerprint density at radius 3 is 2.71 bits per heavy atom. The number of carbonyl (C=O) groups excluding carboxylic acids is 1. The van der Waals surface area contributed by atoms with E-state index in [4.69, 9.17) is 0 Å². The lowest BCUT2D eigenvalue weighted by atomic mass is 9.89. The van der Waals surface area contributed by atoms with Gasteiger partial charge in [0.25, 0.3) is 5.56 Å². The number of aromatic amines is 1. The highest BCUT2D eigenvalue weighted by molar-refractivity contribution is 5.88. The molecule has 2 amide bonds. The normalized spacial score (nSPS) is 14.5. The van der Waals surface area contributed by atoms with E-state index in [0.29, 0.717) is 5.82 Å². The number of hydrogen-bond acceptors (Lipinski definition) is 3. The van der Waals surface area contributed by atoms with E-state index in [0.717, 1.165) is 24.8 Å². The van der Waals surface area contributed by atoms with Crippen molar-refractivity contribution in [2.75, 3.05) is 5.32 Å². The van der Waals surface area contributed by atoms with Gasteiger partial charge >= 0.3 is 6.03 Å². The molecular formula is C18H22N4O2. The van der Waals surface area contributed by atoms with E-state index in [2.05, 4.69) is 39.0 Å². The molecule has 0 fully saturated rings. The third kappa shape index (κ3) is 3.82. The Labute approximate surface area is 140 Å². The molecule has 1 atom stereocenters. The molecule has 0 bridgehead atoms. The number of anilines is 1. The van der Waals surface area contributed by atoms with Crippen LogP contribution in [0.15, 0.2) is 35.1 Å². The lowest BCUT2D eigenvalue weighted by Crippen LogP contribution is -2.33. The number of carbonyl (C=O) groups is 1. The highest BCUT2D eigenvalue weighted by atomic mass is 16.2. The van der Waals surface area contributed by atoms with Gasteiger partial charge in [-0.3, -0.25) is 10.1 Å². The second-order valence-electron chi connectivity index (χ2n) is 6.10. The third-order valence-electron chi connectivity index (χ3n) is 4.41. The summed E-state index contributed by atoms with van der Waals surface area (Å²) in [5.74, 6) is 0.312. The molecule has 1 aromatic carbocycles. The molecule has 1 aromatic heterocycles. The maximum atomic E-state index is 12.2. The summed E-state index contributed by atoms with van der Waals surface area (Å²) in [4.78, 5) is 23.2. The van der Waals surface area contributed by atoms with Crippen molar-refractivity contribution in [3.05, 3.63) is 57.4 Å². The maximum Gasteiger partial charge on any atom is 0.320 e. The van der Waals surface area contributed by atoms with Crippen LogP contribution in [0.2, 0.25) is 0 Å². The number of fused-ring (bicyclic) bond motifs is 1. The Morgan fingerprint density at radius 2 is 2.00 bits per heavy atom. The van der Waals surface area contributed by atoms with Crippen LogP contribution in [0.4, 0.5) is 10.6 Å². The number of hydrogen-bond donors (Lipinski definition) is 3. The van der Waals surface area contributed by atoms with Gasteiger partial charge in [-0.15, -0.1) is 0 Å². The fraction of sp³-hybridized carbons (Fsp3) is 0.389. The average molecular weight is 326 g/mol. The zero-order valence-corrected chi connectivity index (χ0v) is 13.8. The van der Waals surface area contributed by atoms with Gasteiger partial charge in [-0.1, -0.05) is 25.1 Å². The number of amides is 2. The van der Waals surface area contributed by atoms with E-state index in [1.54, 1.807) is 0 Å². The van der Waals surface area contributed by atoms with Crippen molar-refractivity contribution >= 4 is 11.8 Å². The fourth-order valence-electron chi connectivity index (χ4n) is 3.12. The van der Waals surface area contributed by atoms with Crippen molar-refractivity contribution in [3.8, 4) is 0 Å². The Morgan fingerprint density at radius 1 is 1.21 bits per heavy atom. The second-order valence-corrected chi connectivity index (χ2v) is 6.10. The molecule has 3 N–H and O–H groups in total. The Kier molecular flexibility index (Phi) is 4.93. The van der Waals surface area contributed by atoms with E-state index < -0.39 is 0 Å². The second kappa shape index (κ2) is 7.29. The van der Waals surface area contributed by atoms with Gasteiger partial charge in [-0.2, -0.15) is 5.10 Å². The summed E-state index contributed by atoms with van der Waals surface area (Å²) in [6, 6.07) is 8.93. The molecular weight excluding hydrogens is 304 g/mol. The third-order valence-corrected chi connectivity index (χ3v) is 4.41.